The van der Waals surface area contributed by atoms with Crippen LogP contribution in [0.5, 0.6) is 5.88 Å². The van der Waals surface area contributed by atoms with Crippen LogP contribution < -0.4 is 15.4 Å². The lowest BCUT2D eigenvalue weighted by molar-refractivity contribution is 0.376. The van der Waals surface area contributed by atoms with Crippen molar-refractivity contribution in [1.82, 2.24) is 4.98 Å². The summed E-state index contributed by atoms with van der Waals surface area (Å²) in [5.41, 5.74) is 7.07. The van der Waals surface area contributed by atoms with Crippen molar-refractivity contribution in [3.63, 3.8) is 0 Å². The molecular formula is C14H25N3O. The molecule has 18 heavy (non-hydrogen) atoms. The third kappa shape index (κ3) is 4.18. The summed E-state index contributed by atoms with van der Waals surface area (Å²) in [6.07, 6.45) is 2.89. The van der Waals surface area contributed by atoms with E-state index < -0.39 is 0 Å². The Morgan fingerprint density at radius 3 is 2.72 bits per heavy atom. The van der Waals surface area contributed by atoms with Crippen LogP contribution in [-0.2, 0) is 0 Å². The highest BCUT2D eigenvalue weighted by Crippen LogP contribution is 2.23. The molecule has 4 heteroatoms. The maximum atomic E-state index is 5.82. The lowest BCUT2D eigenvalue weighted by Gasteiger charge is -2.33. The second-order valence-corrected chi connectivity index (χ2v) is 5.35. The summed E-state index contributed by atoms with van der Waals surface area (Å²) in [7, 11) is 1.64. The molecule has 102 valence electrons. The summed E-state index contributed by atoms with van der Waals surface area (Å²) in [6, 6.07) is 3.99. The molecule has 1 rings (SSSR count). The molecule has 0 unspecified atom stereocenters. The fourth-order valence-electron chi connectivity index (χ4n) is 1.86. The van der Waals surface area contributed by atoms with Crippen molar-refractivity contribution in [2.24, 2.45) is 11.1 Å². The highest BCUT2D eigenvalue weighted by Gasteiger charge is 2.20. The van der Waals surface area contributed by atoms with Gasteiger partial charge in [0.05, 0.1) is 7.11 Å². The number of ether oxygens (including phenoxy) is 1. The SMILES string of the molecule is CCCN(CC(C)(C)CN)c1ccnc(OC)c1. The monoisotopic (exact) mass is 251 g/mol. The second kappa shape index (κ2) is 6.59. The van der Waals surface area contributed by atoms with E-state index in [4.69, 9.17) is 10.5 Å². The normalized spacial score (nSPS) is 11.4. The minimum Gasteiger partial charge on any atom is -0.481 e. The van der Waals surface area contributed by atoms with Gasteiger partial charge in [-0.25, -0.2) is 4.98 Å². The van der Waals surface area contributed by atoms with Gasteiger partial charge in [-0.1, -0.05) is 20.8 Å². The Labute approximate surface area is 110 Å². The van der Waals surface area contributed by atoms with Gasteiger partial charge in [-0.2, -0.15) is 0 Å². The molecule has 0 saturated carbocycles. The third-order valence-electron chi connectivity index (χ3n) is 2.96. The zero-order valence-electron chi connectivity index (χ0n) is 11.9. The Balaban J connectivity index is 2.89. The van der Waals surface area contributed by atoms with Crippen LogP contribution in [0.1, 0.15) is 27.2 Å². The lowest BCUT2D eigenvalue weighted by atomic mass is 9.93. The largest absolute Gasteiger partial charge is 0.481 e. The predicted octanol–water partition coefficient (Wildman–Crippen LogP) is 2.29. The van der Waals surface area contributed by atoms with Crippen LogP contribution in [0.25, 0.3) is 0 Å². The maximum absolute atomic E-state index is 5.82. The highest BCUT2D eigenvalue weighted by molar-refractivity contribution is 5.48. The van der Waals surface area contributed by atoms with Crippen LogP contribution >= 0.6 is 0 Å². The minimum atomic E-state index is 0.103. The molecule has 0 aromatic carbocycles. The molecular weight excluding hydrogens is 226 g/mol. The second-order valence-electron chi connectivity index (χ2n) is 5.35. The standard InChI is InChI=1S/C14H25N3O/c1-5-8-17(11-14(2,3)10-15)12-6-7-16-13(9-12)18-4/h6-7,9H,5,8,10-11,15H2,1-4H3. The van der Waals surface area contributed by atoms with E-state index in [9.17, 15) is 0 Å². The number of pyridine rings is 1. The molecule has 0 amide bonds. The van der Waals surface area contributed by atoms with Gasteiger partial charge < -0.3 is 15.4 Å². The average Bonchev–Trinajstić information content (AvgIpc) is 2.38. The fourth-order valence-corrected chi connectivity index (χ4v) is 1.86. The van der Waals surface area contributed by atoms with Crippen molar-refractivity contribution in [2.45, 2.75) is 27.2 Å². The number of nitrogens with two attached hydrogens (primary N) is 1. The van der Waals surface area contributed by atoms with Gasteiger partial charge in [0, 0.05) is 31.0 Å². The summed E-state index contributed by atoms with van der Waals surface area (Å²) < 4.78 is 5.18. The number of nitrogens with zero attached hydrogens (tertiary/aromatic N) is 2. The van der Waals surface area contributed by atoms with Crippen molar-refractivity contribution >= 4 is 5.69 Å². The zero-order valence-corrected chi connectivity index (χ0v) is 11.9. The lowest BCUT2D eigenvalue weighted by Crippen LogP contribution is -2.39. The van der Waals surface area contributed by atoms with Crippen LogP contribution in [0.15, 0.2) is 18.3 Å². The van der Waals surface area contributed by atoms with Crippen molar-refractivity contribution in [3.8, 4) is 5.88 Å². The number of anilines is 1. The number of rotatable bonds is 7. The summed E-state index contributed by atoms with van der Waals surface area (Å²) in [5.74, 6) is 0.652. The molecule has 0 radical (unpaired) electrons. The molecule has 1 aromatic heterocycles. The van der Waals surface area contributed by atoms with E-state index in [1.54, 1.807) is 13.3 Å². The first-order valence-corrected chi connectivity index (χ1v) is 6.47. The van der Waals surface area contributed by atoms with E-state index >= 15 is 0 Å². The summed E-state index contributed by atoms with van der Waals surface area (Å²) in [6.45, 7) is 9.18. The van der Waals surface area contributed by atoms with Gasteiger partial charge >= 0.3 is 0 Å². The van der Waals surface area contributed by atoms with E-state index in [1.165, 1.54) is 0 Å². The van der Waals surface area contributed by atoms with Gasteiger partial charge in [0.2, 0.25) is 5.88 Å². The van der Waals surface area contributed by atoms with E-state index in [0.717, 1.165) is 25.2 Å². The van der Waals surface area contributed by atoms with Gasteiger partial charge in [-0.05, 0) is 24.4 Å². The van der Waals surface area contributed by atoms with Crippen molar-refractivity contribution in [3.05, 3.63) is 18.3 Å². The van der Waals surface area contributed by atoms with Gasteiger partial charge in [0.1, 0.15) is 0 Å². The van der Waals surface area contributed by atoms with E-state index in [1.807, 2.05) is 12.1 Å². The van der Waals surface area contributed by atoms with Crippen molar-refractivity contribution in [2.75, 3.05) is 31.6 Å². The fraction of sp³-hybridized carbons (Fsp3) is 0.643. The third-order valence-corrected chi connectivity index (χ3v) is 2.96. The van der Waals surface area contributed by atoms with Gasteiger partial charge in [-0.3, -0.25) is 0 Å². The highest BCUT2D eigenvalue weighted by atomic mass is 16.5. The zero-order chi connectivity index (χ0) is 13.6. The first-order chi connectivity index (χ1) is 8.52. The first kappa shape index (κ1) is 14.8. The smallest absolute Gasteiger partial charge is 0.214 e. The predicted molar refractivity (Wildman–Crippen MR) is 76.1 cm³/mol. The van der Waals surface area contributed by atoms with Crippen LogP contribution in [0.2, 0.25) is 0 Å². The van der Waals surface area contributed by atoms with Crippen LogP contribution in [0.4, 0.5) is 5.69 Å². The Bertz CT molecular complexity index is 366. The Hall–Kier alpha value is -1.29. The molecule has 0 aliphatic heterocycles. The summed E-state index contributed by atoms with van der Waals surface area (Å²) in [4.78, 5) is 6.49. The van der Waals surface area contributed by atoms with E-state index in [0.29, 0.717) is 12.4 Å². The van der Waals surface area contributed by atoms with Gasteiger partial charge in [-0.15, -0.1) is 0 Å². The van der Waals surface area contributed by atoms with Crippen LogP contribution in [-0.4, -0.2) is 31.7 Å². The van der Waals surface area contributed by atoms with E-state index in [-0.39, 0.29) is 5.41 Å². The molecule has 4 nitrogen and oxygen atoms in total. The minimum absolute atomic E-state index is 0.103. The number of aromatic nitrogens is 1. The number of hydrogen-bond acceptors (Lipinski definition) is 4. The quantitative estimate of drug-likeness (QED) is 0.808. The Kier molecular flexibility index (Phi) is 5.41. The number of methoxy groups -OCH3 is 1. The summed E-state index contributed by atoms with van der Waals surface area (Å²) in [5, 5.41) is 0. The summed E-state index contributed by atoms with van der Waals surface area (Å²) >= 11 is 0. The first-order valence-electron chi connectivity index (χ1n) is 6.47. The molecule has 0 saturated heterocycles. The van der Waals surface area contributed by atoms with Gasteiger partial charge in [0.15, 0.2) is 0 Å². The van der Waals surface area contributed by atoms with Crippen molar-refractivity contribution < 1.29 is 4.74 Å². The van der Waals surface area contributed by atoms with E-state index in [2.05, 4.69) is 30.7 Å². The molecule has 0 aliphatic carbocycles. The molecule has 1 heterocycles. The number of hydrogen-bond donors (Lipinski definition) is 1. The van der Waals surface area contributed by atoms with Crippen LogP contribution in [0.3, 0.4) is 0 Å². The van der Waals surface area contributed by atoms with Gasteiger partial charge in [0.25, 0.3) is 0 Å². The maximum Gasteiger partial charge on any atom is 0.214 e. The average molecular weight is 251 g/mol. The van der Waals surface area contributed by atoms with Crippen molar-refractivity contribution in [1.29, 1.82) is 0 Å². The molecule has 0 fully saturated rings. The Morgan fingerprint density at radius 1 is 1.44 bits per heavy atom. The topological polar surface area (TPSA) is 51.4 Å². The molecule has 0 spiro atoms. The Morgan fingerprint density at radius 2 is 2.17 bits per heavy atom. The van der Waals surface area contributed by atoms with Crippen LogP contribution in [0, 0.1) is 5.41 Å². The molecule has 0 atom stereocenters. The molecule has 1 aromatic rings. The molecule has 0 bridgehead atoms. The molecule has 2 N–H and O–H groups in total. The molecule has 0 aliphatic rings.